The van der Waals surface area contributed by atoms with E-state index < -0.39 is 0 Å². The Labute approximate surface area is 126 Å². The molecule has 5 heteroatoms. The van der Waals surface area contributed by atoms with Crippen LogP contribution in [0.25, 0.3) is 0 Å². The van der Waals surface area contributed by atoms with E-state index in [0.29, 0.717) is 5.56 Å². The Hall–Kier alpha value is -1.43. The fourth-order valence-corrected chi connectivity index (χ4v) is 2.90. The van der Waals surface area contributed by atoms with Gasteiger partial charge in [0.1, 0.15) is 0 Å². The van der Waals surface area contributed by atoms with Gasteiger partial charge < -0.3 is 4.90 Å². The molecule has 1 aromatic carbocycles. The predicted octanol–water partition coefficient (Wildman–Crippen LogP) is 0.818. The molecular weight excluding hydrogens is 264 g/mol. The molecule has 1 aliphatic heterocycles. The summed E-state index contributed by atoms with van der Waals surface area (Å²) in [5.74, 6) is 5.87. The van der Waals surface area contributed by atoms with Crippen LogP contribution in [0.3, 0.4) is 0 Å². The second-order valence-electron chi connectivity index (χ2n) is 6.19. The highest BCUT2D eigenvalue weighted by Gasteiger charge is 2.26. The third kappa shape index (κ3) is 4.03. The van der Waals surface area contributed by atoms with Gasteiger partial charge >= 0.3 is 0 Å². The number of rotatable bonds is 5. The van der Waals surface area contributed by atoms with Crippen LogP contribution < -0.4 is 11.3 Å². The van der Waals surface area contributed by atoms with Gasteiger partial charge in [0.2, 0.25) is 0 Å². The summed E-state index contributed by atoms with van der Waals surface area (Å²) in [5, 5.41) is 0. The van der Waals surface area contributed by atoms with Crippen LogP contribution in [-0.4, -0.2) is 48.4 Å². The van der Waals surface area contributed by atoms with Crippen LogP contribution in [0.2, 0.25) is 0 Å². The Bertz CT molecular complexity index is 476. The molecule has 0 atom stereocenters. The summed E-state index contributed by atoms with van der Waals surface area (Å²) in [6, 6.07) is 7.70. The summed E-state index contributed by atoms with van der Waals surface area (Å²) in [4.78, 5) is 16.5. The molecule has 0 radical (unpaired) electrons. The van der Waals surface area contributed by atoms with Crippen LogP contribution in [0.15, 0.2) is 24.3 Å². The van der Waals surface area contributed by atoms with Crippen molar-refractivity contribution in [1.29, 1.82) is 0 Å². The van der Waals surface area contributed by atoms with E-state index in [1.54, 1.807) is 0 Å². The van der Waals surface area contributed by atoms with Gasteiger partial charge in [-0.2, -0.15) is 0 Å². The van der Waals surface area contributed by atoms with Crippen LogP contribution >= 0.6 is 0 Å². The van der Waals surface area contributed by atoms with E-state index >= 15 is 0 Å². The van der Waals surface area contributed by atoms with Gasteiger partial charge in [0, 0.05) is 44.8 Å². The molecule has 0 unspecified atom stereocenters. The van der Waals surface area contributed by atoms with E-state index in [4.69, 9.17) is 5.84 Å². The Morgan fingerprint density at radius 1 is 1.10 bits per heavy atom. The summed E-state index contributed by atoms with van der Waals surface area (Å²) in [6.07, 6.45) is 2.87. The number of nitrogens with zero attached hydrogens (tertiary/aromatic N) is 2. The van der Waals surface area contributed by atoms with Crippen molar-refractivity contribution in [3.05, 3.63) is 35.4 Å². The minimum Gasteiger partial charge on any atom is -0.301 e. The highest BCUT2D eigenvalue weighted by Crippen LogP contribution is 2.29. The first-order chi connectivity index (χ1) is 10.2. The number of hydrazine groups is 1. The molecule has 0 bridgehead atoms. The molecule has 21 heavy (non-hydrogen) atoms. The quantitative estimate of drug-likeness (QED) is 0.478. The molecule has 2 aliphatic rings. The number of carbonyl (C=O) groups is 1. The van der Waals surface area contributed by atoms with Gasteiger partial charge in [-0.05, 0) is 36.5 Å². The lowest BCUT2D eigenvalue weighted by atomic mass is 10.1. The van der Waals surface area contributed by atoms with Crippen molar-refractivity contribution >= 4 is 5.91 Å². The molecule has 1 saturated carbocycles. The maximum atomic E-state index is 11.4. The number of hydrogen-bond acceptors (Lipinski definition) is 4. The number of amides is 1. The average molecular weight is 288 g/mol. The Kier molecular flexibility index (Phi) is 4.53. The highest BCUT2D eigenvalue weighted by atomic mass is 16.2. The van der Waals surface area contributed by atoms with E-state index in [0.717, 1.165) is 25.6 Å². The Balaban J connectivity index is 1.47. The lowest BCUT2D eigenvalue weighted by molar-refractivity contribution is 0.0953. The molecule has 0 aromatic heterocycles. The molecule has 1 saturated heterocycles. The molecule has 3 rings (SSSR count). The normalized spacial score (nSPS) is 20.4. The van der Waals surface area contributed by atoms with Crippen LogP contribution in [-0.2, 0) is 6.54 Å². The molecule has 2 fully saturated rings. The number of piperazine rings is 1. The molecule has 114 valence electrons. The highest BCUT2D eigenvalue weighted by molar-refractivity contribution is 5.93. The summed E-state index contributed by atoms with van der Waals surface area (Å²) >= 11 is 0. The van der Waals surface area contributed by atoms with E-state index in [2.05, 4.69) is 15.2 Å². The largest absolute Gasteiger partial charge is 0.301 e. The molecular formula is C16H24N4O. The summed E-state index contributed by atoms with van der Waals surface area (Å²) in [6.45, 7) is 6.91. The number of nitrogens with two attached hydrogens (primary N) is 1. The SMILES string of the molecule is NNC(=O)c1ccc(CN2CCN(CC3CC3)CC2)cc1. The lowest BCUT2D eigenvalue weighted by Crippen LogP contribution is -2.46. The zero-order valence-electron chi connectivity index (χ0n) is 12.4. The zero-order valence-corrected chi connectivity index (χ0v) is 12.4. The van der Waals surface area contributed by atoms with E-state index in [9.17, 15) is 4.79 Å². The van der Waals surface area contributed by atoms with Crippen molar-refractivity contribution in [2.45, 2.75) is 19.4 Å². The van der Waals surface area contributed by atoms with Crippen molar-refractivity contribution in [3.8, 4) is 0 Å². The third-order valence-corrected chi connectivity index (χ3v) is 4.43. The fourth-order valence-electron chi connectivity index (χ4n) is 2.90. The number of benzene rings is 1. The van der Waals surface area contributed by atoms with Crippen molar-refractivity contribution in [2.24, 2.45) is 11.8 Å². The monoisotopic (exact) mass is 288 g/mol. The molecule has 1 aromatic rings. The molecule has 3 N–H and O–H groups in total. The molecule has 1 heterocycles. The van der Waals surface area contributed by atoms with Gasteiger partial charge in [-0.25, -0.2) is 5.84 Å². The minimum atomic E-state index is -0.241. The standard InChI is InChI=1S/C16H24N4O/c17-18-16(21)15-5-3-14(4-6-15)12-20-9-7-19(8-10-20)11-13-1-2-13/h3-6,13H,1-2,7-12,17H2,(H,18,21). The average Bonchev–Trinajstić information content (AvgIpc) is 3.33. The second-order valence-corrected chi connectivity index (χ2v) is 6.19. The lowest BCUT2D eigenvalue weighted by Gasteiger charge is -2.34. The van der Waals surface area contributed by atoms with Crippen molar-refractivity contribution in [2.75, 3.05) is 32.7 Å². The van der Waals surface area contributed by atoms with Crippen LogP contribution in [0.1, 0.15) is 28.8 Å². The smallest absolute Gasteiger partial charge is 0.265 e. The second kappa shape index (κ2) is 6.56. The number of hydrogen-bond donors (Lipinski definition) is 2. The molecule has 1 amide bonds. The predicted molar refractivity (Wildman–Crippen MR) is 82.5 cm³/mol. The molecule has 5 nitrogen and oxygen atoms in total. The van der Waals surface area contributed by atoms with E-state index in [-0.39, 0.29) is 5.91 Å². The van der Waals surface area contributed by atoms with Crippen molar-refractivity contribution in [1.82, 2.24) is 15.2 Å². The third-order valence-electron chi connectivity index (χ3n) is 4.43. The van der Waals surface area contributed by atoms with Crippen LogP contribution in [0, 0.1) is 5.92 Å². The zero-order chi connectivity index (χ0) is 14.7. The molecule has 0 spiro atoms. The van der Waals surface area contributed by atoms with Gasteiger partial charge in [-0.1, -0.05) is 12.1 Å². The van der Waals surface area contributed by atoms with Gasteiger partial charge in [0.25, 0.3) is 5.91 Å². The van der Waals surface area contributed by atoms with E-state index in [1.807, 2.05) is 24.3 Å². The maximum Gasteiger partial charge on any atom is 0.265 e. The number of carbonyl (C=O) groups excluding carboxylic acids is 1. The first-order valence-electron chi connectivity index (χ1n) is 7.79. The number of nitrogen functional groups attached to an aromatic ring is 1. The first kappa shape index (κ1) is 14.5. The minimum absolute atomic E-state index is 0.241. The maximum absolute atomic E-state index is 11.4. The topological polar surface area (TPSA) is 61.6 Å². The summed E-state index contributed by atoms with van der Waals surface area (Å²) < 4.78 is 0. The van der Waals surface area contributed by atoms with Crippen LogP contribution in [0.5, 0.6) is 0 Å². The Morgan fingerprint density at radius 3 is 2.29 bits per heavy atom. The van der Waals surface area contributed by atoms with Crippen molar-refractivity contribution < 1.29 is 4.79 Å². The number of nitrogens with one attached hydrogen (secondary N) is 1. The summed E-state index contributed by atoms with van der Waals surface area (Å²) in [5.41, 5.74) is 4.01. The van der Waals surface area contributed by atoms with Gasteiger partial charge in [0.15, 0.2) is 0 Å². The van der Waals surface area contributed by atoms with E-state index in [1.165, 1.54) is 38.0 Å². The van der Waals surface area contributed by atoms with Crippen LogP contribution in [0.4, 0.5) is 0 Å². The summed E-state index contributed by atoms with van der Waals surface area (Å²) in [7, 11) is 0. The van der Waals surface area contributed by atoms with Gasteiger partial charge in [0.05, 0.1) is 0 Å². The van der Waals surface area contributed by atoms with Gasteiger partial charge in [-0.3, -0.25) is 15.1 Å². The fraction of sp³-hybridized carbons (Fsp3) is 0.562. The first-order valence-corrected chi connectivity index (χ1v) is 7.79. The molecule has 1 aliphatic carbocycles. The Morgan fingerprint density at radius 2 is 1.71 bits per heavy atom. The van der Waals surface area contributed by atoms with Gasteiger partial charge in [-0.15, -0.1) is 0 Å². The van der Waals surface area contributed by atoms with Crippen molar-refractivity contribution in [3.63, 3.8) is 0 Å².